The van der Waals surface area contributed by atoms with Crippen LogP contribution in [0.3, 0.4) is 0 Å². The van der Waals surface area contributed by atoms with Crippen molar-refractivity contribution in [2.45, 2.75) is 19.0 Å². The van der Waals surface area contributed by atoms with Crippen molar-refractivity contribution in [2.75, 3.05) is 11.1 Å². The van der Waals surface area contributed by atoms with Gasteiger partial charge in [0, 0.05) is 10.0 Å². The lowest BCUT2D eigenvalue weighted by molar-refractivity contribution is -0.113. The predicted molar refractivity (Wildman–Crippen MR) is 105 cm³/mol. The smallest absolute Gasteiger partial charge is 0.234 e. The van der Waals surface area contributed by atoms with Crippen LogP contribution in [0.5, 0.6) is 0 Å². The van der Waals surface area contributed by atoms with E-state index in [4.69, 9.17) is 0 Å². The number of hydrogen-bond acceptors (Lipinski definition) is 4. The fraction of sp³-hybridized carbons (Fsp3) is 0.167. The van der Waals surface area contributed by atoms with Gasteiger partial charge in [-0.25, -0.2) is 4.98 Å². The lowest BCUT2D eigenvalue weighted by atomic mass is 10.1. The van der Waals surface area contributed by atoms with E-state index in [0.29, 0.717) is 11.0 Å². The molecule has 0 aliphatic heterocycles. The summed E-state index contributed by atoms with van der Waals surface area (Å²) in [6.07, 6.45) is 0. The van der Waals surface area contributed by atoms with Gasteiger partial charge in [-0.2, -0.15) is 0 Å². The van der Waals surface area contributed by atoms with Gasteiger partial charge in [0.2, 0.25) is 11.1 Å². The lowest BCUT2D eigenvalue weighted by Gasteiger charge is -2.07. The number of benzene rings is 2. The van der Waals surface area contributed by atoms with Crippen LogP contribution >= 0.6 is 27.7 Å². The number of aromatic amines is 1. The topological polar surface area (TPSA) is 70.7 Å². The number of H-pyrrole nitrogens is 1. The van der Waals surface area contributed by atoms with E-state index in [1.54, 1.807) is 0 Å². The molecular formula is C18H17BrN4OS. The molecule has 0 spiro atoms. The Kier molecular flexibility index (Phi) is 5.55. The minimum absolute atomic E-state index is 0.101. The first-order valence-corrected chi connectivity index (χ1v) is 9.47. The maximum atomic E-state index is 12.1. The summed E-state index contributed by atoms with van der Waals surface area (Å²) >= 11 is 4.75. The molecule has 128 valence electrons. The molecule has 2 aromatic carbocycles. The van der Waals surface area contributed by atoms with E-state index >= 15 is 0 Å². The van der Waals surface area contributed by atoms with Gasteiger partial charge in [0.05, 0.1) is 11.4 Å². The first-order chi connectivity index (χ1) is 12.0. The van der Waals surface area contributed by atoms with Gasteiger partial charge in [0.15, 0.2) is 5.82 Å². The summed E-state index contributed by atoms with van der Waals surface area (Å²) in [5.41, 5.74) is 4.05. The molecule has 0 saturated heterocycles. The van der Waals surface area contributed by atoms with Gasteiger partial charge in [0.25, 0.3) is 0 Å². The zero-order chi connectivity index (χ0) is 17.8. The first kappa shape index (κ1) is 17.7. The number of aryl methyl sites for hydroxylation is 2. The number of carbonyl (C=O) groups excluding carboxylic acids is 1. The highest BCUT2D eigenvalue weighted by atomic mass is 79.9. The van der Waals surface area contributed by atoms with Crippen molar-refractivity contribution < 1.29 is 4.79 Å². The zero-order valence-corrected chi connectivity index (χ0v) is 16.2. The normalized spacial score (nSPS) is 10.7. The summed E-state index contributed by atoms with van der Waals surface area (Å²) in [6.45, 7) is 4.04. The molecule has 0 aliphatic rings. The highest BCUT2D eigenvalue weighted by molar-refractivity contribution is 9.10. The number of aromatic nitrogens is 3. The molecule has 3 aromatic rings. The van der Waals surface area contributed by atoms with Gasteiger partial charge < -0.3 is 5.32 Å². The Morgan fingerprint density at radius 3 is 2.60 bits per heavy atom. The molecule has 0 fully saturated rings. The summed E-state index contributed by atoms with van der Waals surface area (Å²) in [4.78, 5) is 16.5. The van der Waals surface area contributed by atoms with E-state index in [1.165, 1.54) is 17.3 Å². The fourth-order valence-electron chi connectivity index (χ4n) is 2.19. The number of thioether (sulfide) groups is 1. The highest BCUT2D eigenvalue weighted by Crippen LogP contribution is 2.24. The van der Waals surface area contributed by atoms with E-state index in [1.807, 2.05) is 56.3 Å². The number of rotatable bonds is 5. The van der Waals surface area contributed by atoms with Crippen molar-refractivity contribution in [1.82, 2.24) is 15.2 Å². The number of anilines is 1. The molecule has 0 saturated carbocycles. The van der Waals surface area contributed by atoms with Crippen molar-refractivity contribution in [1.29, 1.82) is 0 Å². The Labute approximate surface area is 158 Å². The molecule has 1 heterocycles. The molecule has 25 heavy (non-hydrogen) atoms. The second-order valence-electron chi connectivity index (χ2n) is 5.65. The Morgan fingerprint density at radius 1 is 1.16 bits per heavy atom. The van der Waals surface area contributed by atoms with Crippen molar-refractivity contribution in [2.24, 2.45) is 0 Å². The minimum Gasteiger partial charge on any atom is -0.324 e. The van der Waals surface area contributed by atoms with Crippen LogP contribution in [0.4, 0.5) is 5.69 Å². The third-order valence-corrected chi connectivity index (χ3v) is 5.02. The molecule has 5 nitrogen and oxygen atoms in total. The third-order valence-electron chi connectivity index (χ3n) is 3.52. The first-order valence-electron chi connectivity index (χ1n) is 7.69. The quantitative estimate of drug-likeness (QED) is 0.596. The Morgan fingerprint density at radius 2 is 1.88 bits per heavy atom. The van der Waals surface area contributed by atoms with Crippen LogP contribution < -0.4 is 5.32 Å². The van der Waals surface area contributed by atoms with E-state index < -0.39 is 0 Å². The largest absolute Gasteiger partial charge is 0.324 e. The van der Waals surface area contributed by atoms with Crippen molar-refractivity contribution in [3.05, 3.63) is 58.1 Å². The number of nitrogens with one attached hydrogen (secondary N) is 2. The maximum Gasteiger partial charge on any atom is 0.234 e. The van der Waals surface area contributed by atoms with Gasteiger partial charge in [-0.15, -0.1) is 5.10 Å². The highest BCUT2D eigenvalue weighted by Gasteiger charge is 2.10. The SMILES string of the molecule is Cc1ccc(-c2nc(SCC(=O)Nc3ccc(C)cc3Br)n[nH]2)cc1. The Hall–Kier alpha value is -2.12. The second-order valence-corrected chi connectivity index (χ2v) is 7.45. The lowest BCUT2D eigenvalue weighted by Crippen LogP contribution is -2.14. The van der Waals surface area contributed by atoms with Gasteiger partial charge >= 0.3 is 0 Å². The molecule has 7 heteroatoms. The summed E-state index contributed by atoms with van der Waals surface area (Å²) in [6, 6.07) is 13.8. The predicted octanol–water partition coefficient (Wildman–Crippen LogP) is 4.58. The average molecular weight is 417 g/mol. The Balaban J connectivity index is 1.58. The van der Waals surface area contributed by atoms with Crippen LogP contribution in [-0.4, -0.2) is 26.8 Å². The van der Waals surface area contributed by atoms with Crippen LogP contribution in [0, 0.1) is 13.8 Å². The number of halogens is 1. The average Bonchev–Trinajstić information content (AvgIpc) is 3.05. The molecule has 3 rings (SSSR count). The van der Waals surface area contributed by atoms with Gasteiger partial charge in [-0.05, 0) is 47.5 Å². The molecule has 0 unspecified atom stereocenters. The number of carbonyl (C=O) groups is 1. The zero-order valence-electron chi connectivity index (χ0n) is 13.8. The summed E-state index contributed by atoms with van der Waals surface area (Å²) < 4.78 is 0.866. The van der Waals surface area contributed by atoms with E-state index in [2.05, 4.69) is 36.4 Å². The van der Waals surface area contributed by atoms with Gasteiger partial charge in [0.1, 0.15) is 0 Å². The molecular weight excluding hydrogens is 400 g/mol. The molecule has 0 atom stereocenters. The molecule has 0 aliphatic carbocycles. The number of hydrogen-bond donors (Lipinski definition) is 2. The van der Waals surface area contributed by atoms with Crippen LogP contribution in [0.15, 0.2) is 52.1 Å². The monoisotopic (exact) mass is 416 g/mol. The van der Waals surface area contributed by atoms with E-state index in [-0.39, 0.29) is 11.7 Å². The van der Waals surface area contributed by atoms with E-state index in [9.17, 15) is 4.79 Å². The standard InChI is InChI=1S/C18H17BrN4OS/c1-11-3-6-13(7-4-11)17-21-18(23-22-17)25-10-16(24)20-15-8-5-12(2)9-14(15)19/h3-9H,10H2,1-2H3,(H,20,24)(H,21,22,23). The second kappa shape index (κ2) is 7.84. The van der Waals surface area contributed by atoms with Crippen molar-refractivity contribution >= 4 is 39.3 Å². The van der Waals surface area contributed by atoms with E-state index in [0.717, 1.165) is 21.3 Å². The molecule has 1 aromatic heterocycles. The number of amides is 1. The third kappa shape index (κ3) is 4.70. The molecule has 0 bridgehead atoms. The molecule has 1 amide bonds. The maximum absolute atomic E-state index is 12.1. The molecule has 2 N–H and O–H groups in total. The molecule has 0 radical (unpaired) electrons. The van der Waals surface area contributed by atoms with Gasteiger partial charge in [-0.3, -0.25) is 9.89 Å². The Bertz CT molecular complexity index is 892. The van der Waals surface area contributed by atoms with Crippen LogP contribution in [0.25, 0.3) is 11.4 Å². The number of nitrogens with zero attached hydrogens (tertiary/aromatic N) is 2. The van der Waals surface area contributed by atoms with Gasteiger partial charge in [-0.1, -0.05) is 47.7 Å². The van der Waals surface area contributed by atoms with Crippen molar-refractivity contribution in [3.63, 3.8) is 0 Å². The van der Waals surface area contributed by atoms with Crippen LogP contribution in [0.2, 0.25) is 0 Å². The summed E-state index contributed by atoms with van der Waals surface area (Å²) in [7, 11) is 0. The van der Waals surface area contributed by atoms with Crippen LogP contribution in [0.1, 0.15) is 11.1 Å². The van der Waals surface area contributed by atoms with Crippen LogP contribution in [-0.2, 0) is 4.79 Å². The van der Waals surface area contributed by atoms with Crippen molar-refractivity contribution in [3.8, 4) is 11.4 Å². The summed E-state index contributed by atoms with van der Waals surface area (Å²) in [5, 5.41) is 10.5. The summed E-state index contributed by atoms with van der Waals surface area (Å²) in [5.74, 6) is 0.839. The minimum atomic E-state index is -0.101. The fourth-order valence-corrected chi connectivity index (χ4v) is 3.38.